The van der Waals surface area contributed by atoms with E-state index >= 15 is 0 Å². The van der Waals surface area contributed by atoms with Crippen LogP contribution in [0.1, 0.15) is 15.9 Å². The zero-order chi connectivity index (χ0) is 40.1. The number of nitrogens with zero attached hydrogens (tertiary/aromatic N) is 8. The van der Waals surface area contributed by atoms with Gasteiger partial charge in [-0.2, -0.15) is 35.1 Å². The molecule has 0 aliphatic heterocycles. The minimum absolute atomic E-state index is 0. The molecule has 6 N–H and O–H groups in total. The van der Waals surface area contributed by atoms with E-state index in [9.17, 15) is 33.1 Å². The molecule has 0 aliphatic rings. The second kappa shape index (κ2) is 21.6. The minimum atomic E-state index is -4.89. The normalized spacial score (nSPS) is 11.6. The molecule has 5 aromatic rings. The number of hydrogen-bond donors (Lipinski definition) is 6. The maximum absolute atomic E-state index is 12.4. The van der Waals surface area contributed by atoms with Gasteiger partial charge in [0.15, 0.2) is 5.84 Å². The van der Waals surface area contributed by atoms with Crippen molar-refractivity contribution in [2.45, 2.75) is 9.79 Å². The molecule has 0 amide bonds. The first kappa shape index (κ1) is 44.8. The average Bonchev–Trinajstić information content (AvgIpc) is 3.18. The second-order valence-electron chi connectivity index (χ2n) is 10.8. The van der Waals surface area contributed by atoms with Crippen LogP contribution in [0.25, 0.3) is 5.43 Å². The molecule has 0 atom stereocenters. The number of carboxylic acids is 1. The van der Waals surface area contributed by atoms with Gasteiger partial charge in [0.05, 0.1) is 34.8 Å². The number of nitrogens with one attached hydrogen (secondary N) is 1. The Bertz CT molecular complexity index is 2320. The third kappa shape index (κ3) is 12.8. The van der Waals surface area contributed by atoms with Gasteiger partial charge < -0.3 is 36.1 Å². The first-order valence-corrected chi connectivity index (χ1v) is 19.5. The molecule has 19 nitrogen and oxygen atoms in total. The van der Waals surface area contributed by atoms with Crippen LogP contribution < -0.4 is 10.2 Å². The van der Waals surface area contributed by atoms with Crippen LogP contribution in [0.3, 0.4) is 0 Å². The summed E-state index contributed by atoms with van der Waals surface area (Å²) in [7, 11) is -4.89. The Kier molecular flexibility index (Phi) is 17.0. The fraction of sp³-hybridized carbons (Fsp3) is 0.121. The van der Waals surface area contributed by atoms with Crippen molar-refractivity contribution in [3.8, 4) is 5.75 Å². The molecule has 5 rings (SSSR count). The summed E-state index contributed by atoms with van der Waals surface area (Å²) in [6.45, 7) is 0.407. The largest absolute Gasteiger partial charge is 1.00 e. The zero-order valence-electron chi connectivity index (χ0n) is 28.7. The van der Waals surface area contributed by atoms with Crippen LogP contribution in [-0.4, -0.2) is 85.0 Å². The fourth-order valence-electron chi connectivity index (χ4n) is 4.63. The van der Waals surface area contributed by atoms with Crippen LogP contribution >= 0.6 is 35.4 Å². The number of para-hydroxylation sites is 1. The Morgan fingerprint density at radius 3 is 2.37 bits per heavy atom. The first-order valence-electron chi connectivity index (χ1n) is 15.8. The number of rotatable bonds is 18. The summed E-state index contributed by atoms with van der Waals surface area (Å²) >= 11 is 8.34. The van der Waals surface area contributed by atoms with Crippen molar-refractivity contribution in [3.05, 3.63) is 113 Å². The van der Waals surface area contributed by atoms with Gasteiger partial charge in [-0.1, -0.05) is 65.3 Å². The summed E-state index contributed by atoms with van der Waals surface area (Å²) < 4.78 is 39.1. The summed E-state index contributed by atoms with van der Waals surface area (Å²) in [5, 5.41) is 56.9. The number of halogens is 1. The number of carbonyl (C=O) groups is 1. The number of aromatic hydroxyl groups is 1. The number of amidine groups is 1. The van der Waals surface area contributed by atoms with Gasteiger partial charge in [0, 0.05) is 34.2 Å². The number of aliphatic hydroxyl groups is 1. The van der Waals surface area contributed by atoms with Crippen molar-refractivity contribution >= 4 is 92.0 Å². The van der Waals surface area contributed by atoms with Crippen molar-refractivity contribution < 1.29 is 64.8 Å². The van der Waals surface area contributed by atoms with E-state index < -0.39 is 32.4 Å². The average molecular weight is 907 g/mol. The maximum Gasteiger partial charge on any atom is 1.00 e. The zero-order valence-corrected chi connectivity index (χ0v) is 32.9. The third-order valence-electron chi connectivity index (χ3n) is 7.10. The molecule has 1 heterocycles. The van der Waals surface area contributed by atoms with Gasteiger partial charge in [0.1, 0.15) is 11.4 Å². The minimum Gasteiger partial charge on any atom is -0.571 e. The molecule has 0 saturated heterocycles. The molecule has 0 spiro atoms. The van der Waals surface area contributed by atoms with E-state index in [0.717, 1.165) is 12.1 Å². The van der Waals surface area contributed by atoms with Crippen LogP contribution in [0.5, 0.6) is 5.75 Å². The van der Waals surface area contributed by atoms with Crippen LogP contribution in [0.15, 0.2) is 116 Å². The van der Waals surface area contributed by atoms with E-state index in [4.69, 9.17) is 16.9 Å². The van der Waals surface area contributed by atoms with Crippen molar-refractivity contribution in [2.75, 3.05) is 34.9 Å². The molecule has 0 aliphatic carbocycles. The predicted molar refractivity (Wildman–Crippen MR) is 208 cm³/mol. The first-order chi connectivity index (χ1) is 27.0. The Morgan fingerprint density at radius 2 is 1.70 bits per heavy atom. The predicted octanol–water partition coefficient (Wildman–Crippen LogP) is 7.36. The summed E-state index contributed by atoms with van der Waals surface area (Å²) in [5.74, 6) is -1.23. The molecular weight excluding hydrogens is 878 g/mol. The number of benzene rings is 4. The van der Waals surface area contributed by atoms with E-state index in [2.05, 4.69) is 50.4 Å². The number of azo groups is 1. The van der Waals surface area contributed by atoms with Gasteiger partial charge in [-0.15, -0.1) is 14.6 Å². The SMILES string of the molecule is O=C(O)c1cc(SOOO)ccc1N=NC(=N[N-]c1cc(S(=O)(=O)O)cc(Nc2nc(Cl)nc(N(CCSCCO)c3ccccc3)n2)c1O)c1ccccc1.[Cu+]. The topological polar surface area (TPSA) is 276 Å². The molecule has 1 aromatic heterocycles. The number of aromatic nitrogens is 3. The quantitative estimate of drug-likeness (QED) is 0.00479. The van der Waals surface area contributed by atoms with Crippen molar-refractivity contribution in [1.82, 2.24) is 15.0 Å². The van der Waals surface area contributed by atoms with Crippen LogP contribution in [0.2, 0.25) is 5.28 Å². The molecule has 0 unspecified atom stereocenters. The van der Waals surface area contributed by atoms with Crippen LogP contribution in [0.4, 0.5) is 34.6 Å². The number of anilines is 4. The molecule has 24 heteroatoms. The van der Waals surface area contributed by atoms with Crippen LogP contribution in [0, 0.1) is 0 Å². The standard InChI is InChI=1S/C33H30ClN9O10S3.Cu/c34-31-36-32(38-33(37-31)43(13-15-54-16-14-44)21-9-5-2-6-10-21)35-26-18-23(56(49,50)51)19-27(28(26)45)40-42-29(20-7-3-1-4-8-20)41-39-25-12-11-22(55-53-52-48)17-24(25)30(46)47;/h1-12,17-19,44H,13-16H2,(H6,35,36,37,38,39,40,41,42,45,46,47,48,49,50,51);/q;+1/p-1. The van der Waals surface area contributed by atoms with E-state index in [1.54, 1.807) is 35.2 Å². The number of aliphatic hydroxyl groups excluding tert-OH is 1. The molecule has 4 aromatic carbocycles. The monoisotopic (exact) mass is 905 g/mol. The fourth-order valence-corrected chi connectivity index (χ4v) is 6.36. The van der Waals surface area contributed by atoms with E-state index in [1.165, 1.54) is 30.0 Å². The Hall–Kier alpha value is -4.91. The van der Waals surface area contributed by atoms with Gasteiger partial charge >= 0.3 is 23.0 Å². The number of phenolic OH excluding ortho intramolecular Hbond substituents is 1. The second-order valence-corrected chi connectivity index (χ2v) is 14.5. The molecule has 0 saturated carbocycles. The van der Waals surface area contributed by atoms with Gasteiger partial charge in [-0.05, 0) is 48.0 Å². The molecule has 57 heavy (non-hydrogen) atoms. The molecule has 302 valence electrons. The Morgan fingerprint density at radius 1 is 0.982 bits per heavy atom. The number of phenols is 1. The van der Waals surface area contributed by atoms with Gasteiger partial charge in [0.25, 0.3) is 10.1 Å². The number of aromatic carboxylic acids is 1. The van der Waals surface area contributed by atoms with E-state index in [1.807, 2.05) is 30.3 Å². The molecular formula is C33H29ClCuN9O10S3. The third-order valence-corrected chi connectivity index (χ3v) is 9.62. The van der Waals surface area contributed by atoms with Gasteiger partial charge in [-0.25, -0.2) is 10.1 Å². The summed E-state index contributed by atoms with van der Waals surface area (Å²) in [5.41, 5.74) is 3.88. The van der Waals surface area contributed by atoms with Gasteiger partial charge in [0.2, 0.25) is 17.2 Å². The molecule has 0 radical (unpaired) electrons. The van der Waals surface area contributed by atoms with E-state index in [-0.39, 0.29) is 68.5 Å². The summed E-state index contributed by atoms with van der Waals surface area (Å²) in [6, 6.07) is 23.0. The summed E-state index contributed by atoms with van der Waals surface area (Å²) in [4.78, 5) is 26.1. The summed E-state index contributed by atoms with van der Waals surface area (Å²) in [6.07, 6.45) is 0. The maximum atomic E-state index is 12.4. The van der Waals surface area contributed by atoms with Crippen molar-refractivity contribution in [2.24, 2.45) is 15.3 Å². The van der Waals surface area contributed by atoms with E-state index in [0.29, 0.717) is 41.3 Å². The number of thioether (sulfide) groups is 1. The Balaban J connectivity index is 0.00000720. The van der Waals surface area contributed by atoms with Crippen LogP contribution in [-0.2, 0) is 36.6 Å². The van der Waals surface area contributed by atoms with Gasteiger partial charge in [-0.3, -0.25) is 4.55 Å². The number of carboxylic acid groups (broad SMARTS) is 1. The molecule has 0 bridgehead atoms. The Labute approximate surface area is 348 Å². The number of hydrogen-bond acceptors (Lipinski definition) is 17. The smallest absolute Gasteiger partial charge is 0.571 e. The van der Waals surface area contributed by atoms with Crippen molar-refractivity contribution in [3.63, 3.8) is 0 Å². The van der Waals surface area contributed by atoms with Crippen molar-refractivity contribution in [1.29, 1.82) is 0 Å². The molecule has 0 fully saturated rings.